The van der Waals surface area contributed by atoms with E-state index >= 15 is 0 Å². The maximum atomic E-state index is 9.23. The second-order valence-electron chi connectivity index (χ2n) is 4.93. The van der Waals surface area contributed by atoms with Crippen molar-refractivity contribution >= 4 is 5.95 Å². The summed E-state index contributed by atoms with van der Waals surface area (Å²) in [5, 5.41) is 12.4. The van der Waals surface area contributed by atoms with Crippen molar-refractivity contribution < 1.29 is 5.11 Å². The predicted molar refractivity (Wildman–Crippen MR) is 76.3 cm³/mol. The molecule has 1 heterocycles. The molecule has 0 fully saturated rings. The lowest BCUT2D eigenvalue weighted by atomic mass is 10.1. The number of aromatic nitrogens is 2. The molecule has 0 bridgehead atoms. The second-order valence-corrected chi connectivity index (χ2v) is 4.93. The van der Waals surface area contributed by atoms with E-state index in [1.54, 1.807) is 12.1 Å². The first-order chi connectivity index (χ1) is 9.04. The number of aryl methyl sites for hydroxylation is 1. The molecule has 4 nitrogen and oxygen atoms in total. The van der Waals surface area contributed by atoms with E-state index in [9.17, 15) is 5.11 Å². The van der Waals surface area contributed by atoms with E-state index in [4.69, 9.17) is 0 Å². The third-order valence-corrected chi connectivity index (χ3v) is 2.85. The molecule has 100 valence electrons. The van der Waals surface area contributed by atoms with Gasteiger partial charge in [-0.25, -0.2) is 9.97 Å². The fraction of sp³-hybridized carbons (Fsp3) is 0.333. The predicted octanol–water partition coefficient (Wildman–Crippen LogP) is 3.23. The molecule has 0 aliphatic heterocycles. The SMILES string of the molecule is Cc1cc(C(C)C)nc(NCc2ccc(O)cc2)n1. The van der Waals surface area contributed by atoms with Crippen LogP contribution in [0.2, 0.25) is 0 Å². The van der Waals surface area contributed by atoms with Crippen LogP contribution in [0, 0.1) is 6.92 Å². The first kappa shape index (κ1) is 13.3. The zero-order valence-electron chi connectivity index (χ0n) is 11.5. The minimum atomic E-state index is 0.276. The number of phenols is 1. The Bertz CT molecular complexity index is 550. The molecule has 0 atom stereocenters. The molecule has 0 saturated carbocycles. The fourth-order valence-corrected chi connectivity index (χ4v) is 1.76. The Labute approximate surface area is 113 Å². The van der Waals surface area contributed by atoms with Crippen LogP contribution in [-0.2, 0) is 6.54 Å². The van der Waals surface area contributed by atoms with Gasteiger partial charge in [0.15, 0.2) is 0 Å². The van der Waals surface area contributed by atoms with Crippen molar-refractivity contribution in [1.82, 2.24) is 9.97 Å². The summed E-state index contributed by atoms with van der Waals surface area (Å²) in [4.78, 5) is 8.87. The first-order valence-electron chi connectivity index (χ1n) is 6.42. The van der Waals surface area contributed by atoms with Crippen LogP contribution in [0.25, 0.3) is 0 Å². The zero-order valence-corrected chi connectivity index (χ0v) is 11.5. The number of rotatable bonds is 4. The number of phenolic OH excluding ortho intramolecular Hbond substituents is 1. The highest BCUT2D eigenvalue weighted by atomic mass is 16.3. The van der Waals surface area contributed by atoms with Crippen molar-refractivity contribution in [1.29, 1.82) is 0 Å². The molecule has 0 unspecified atom stereocenters. The monoisotopic (exact) mass is 257 g/mol. The second kappa shape index (κ2) is 5.69. The van der Waals surface area contributed by atoms with Gasteiger partial charge in [-0.2, -0.15) is 0 Å². The molecule has 0 saturated heterocycles. The number of nitrogens with one attached hydrogen (secondary N) is 1. The van der Waals surface area contributed by atoms with Crippen molar-refractivity contribution in [2.45, 2.75) is 33.2 Å². The number of anilines is 1. The van der Waals surface area contributed by atoms with Gasteiger partial charge in [-0.3, -0.25) is 0 Å². The van der Waals surface area contributed by atoms with Crippen LogP contribution < -0.4 is 5.32 Å². The number of nitrogens with zero attached hydrogens (tertiary/aromatic N) is 2. The Kier molecular flexibility index (Phi) is 4.00. The number of benzene rings is 1. The van der Waals surface area contributed by atoms with Crippen LogP contribution in [-0.4, -0.2) is 15.1 Å². The van der Waals surface area contributed by atoms with Crippen molar-refractivity contribution in [2.24, 2.45) is 0 Å². The summed E-state index contributed by atoms with van der Waals surface area (Å²) in [5.41, 5.74) is 3.08. The van der Waals surface area contributed by atoms with E-state index in [0.29, 0.717) is 18.4 Å². The molecule has 1 aromatic heterocycles. The van der Waals surface area contributed by atoms with Gasteiger partial charge in [0, 0.05) is 17.9 Å². The Morgan fingerprint density at radius 2 is 1.84 bits per heavy atom. The van der Waals surface area contributed by atoms with Crippen molar-refractivity contribution in [3.8, 4) is 5.75 Å². The average molecular weight is 257 g/mol. The van der Waals surface area contributed by atoms with Crippen LogP contribution in [0.15, 0.2) is 30.3 Å². The van der Waals surface area contributed by atoms with E-state index in [1.165, 1.54) is 0 Å². The average Bonchev–Trinajstić information content (AvgIpc) is 2.37. The largest absolute Gasteiger partial charge is 0.508 e. The molecule has 2 N–H and O–H groups in total. The lowest BCUT2D eigenvalue weighted by molar-refractivity contribution is 0.475. The van der Waals surface area contributed by atoms with E-state index in [-0.39, 0.29) is 5.75 Å². The van der Waals surface area contributed by atoms with Gasteiger partial charge >= 0.3 is 0 Å². The zero-order chi connectivity index (χ0) is 13.8. The molecule has 19 heavy (non-hydrogen) atoms. The highest BCUT2D eigenvalue weighted by molar-refractivity contribution is 5.32. The van der Waals surface area contributed by atoms with Gasteiger partial charge in [-0.15, -0.1) is 0 Å². The normalized spacial score (nSPS) is 10.7. The Hall–Kier alpha value is -2.10. The van der Waals surface area contributed by atoms with Crippen molar-refractivity contribution in [3.63, 3.8) is 0 Å². The molecular weight excluding hydrogens is 238 g/mol. The van der Waals surface area contributed by atoms with Crippen LogP contribution in [0.3, 0.4) is 0 Å². The minimum Gasteiger partial charge on any atom is -0.508 e. The van der Waals surface area contributed by atoms with Gasteiger partial charge in [0.05, 0.1) is 0 Å². The molecule has 0 aliphatic carbocycles. The summed E-state index contributed by atoms with van der Waals surface area (Å²) >= 11 is 0. The first-order valence-corrected chi connectivity index (χ1v) is 6.42. The third kappa shape index (κ3) is 3.68. The van der Waals surface area contributed by atoms with E-state index < -0.39 is 0 Å². The van der Waals surface area contributed by atoms with E-state index in [0.717, 1.165) is 17.0 Å². The summed E-state index contributed by atoms with van der Waals surface area (Å²) < 4.78 is 0. The Morgan fingerprint density at radius 1 is 1.16 bits per heavy atom. The quantitative estimate of drug-likeness (QED) is 0.883. The number of hydrogen-bond donors (Lipinski definition) is 2. The maximum Gasteiger partial charge on any atom is 0.223 e. The molecule has 2 rings (SSSR count). The highest BCUT2D eigenvalue weighted by Gasteiger charge is 2.05. The summed E-state index contributed by atoms with van der Waals surface area (Å²) in [6.45, 7) is 6.84. The standard InChI is InChI=1S/C15H19N3O/c1-10(2)14-8-11(3)17-15(18-14)16-9-12-4-6-13(19)7-5-12/h4-8,10,19H,9H2,1-3H3,(H,16,17,18). The van der Waals surface area contributed by atoms with Gasteiger partial charge < -0.3 is 10.4 Å². The Morgan fingerprint density at radius 3 is 2.47 bits per heavy atom. The van der Waals surface area contributed by atoms with Gasteiger partial charge in [-0.1, -0.05) is 26.0 Å². The third-order valence-electron chi connectivity index (χ3n) is 2.85. The molecule has 1 aromatic carbocycles. The summed E-state index contributed by atoms with van der Waals surface area (Å²) in [7, 11) is 0. The minimum absolute atomic E-state index is 0.276. The van der Waals surface area contributed by atoms with Crippen LogP contribution >= 0.6 is 0 Å². The molecule has 2 aromatic rings. The molecule has 4 heteroatoms. The van der Waals surface area contributed by atoms with Crippen LogP contribution in [0.4, 0.5) is 5.95 Å². The molecular formula is C15H19N3O. The van der Waals surface area contributed by atoms with Crippen molar-refractivity contribution in [3.05, 3.63) is 47.3 Å². The molecule has 0 aliphatic rings. The molecule has 0 spiro atoms. The van der Waals surface area contributed by atoms with Crippen LogP contribution in [0.5, 0.6) is 5.75 Å². The van der Waals surface area contributed by atoms with Gasteiger partial charge in [0.2, 0.25) is 5.95 Å². The lowest BCUT2D eigenvalue weighted by Crippen LogP contribution is -2.07. The summed E-state index contributed by atoms with van der Waals surface area (Å²) in [5.74, 6) is 1.31. The van der Waals surface area contributed by atoms with Crippen LogP contribution in [0.1, 0.15) is 36.7 Å². The lowest BCUT2D eigenvalue weighted by Gasteiger charge is -2.10. The Balaban J connectivity index is 2.08. The van der Waals surface area contributed by atoms with Gasteiger partial charge in [0.25, 0.3) is 0 Å². The number of aromatic hydroxyl groups is 1. The summed E-state index contributed by atoms with van der Waals surface area (Å²) in [6.07, 6.45) is 0. The van der Waals surface area contributed by atoms with Crippen molar-refractivity contribution in [2.75, 3.05) is 5.32 Å². The topological polar surface area (TPSA) is 58.0 Å². The molecule has 0 amide bonds. The smallest absolute Gasteiger partial charge is 0.223 e. The van der Waals surface area contributed by atoms with E-state index in [2.05, 4.69) is 29.1 Å². The fourth-order valence-electron chi connectivity index (χ4n) is 1.76. The number of hydrogen-bond acceptors (Lipinski definition) is 4. The molecule has 0 radical (unpaired) electrons. The summed E-state index contributed by atoms with van der Waals surface area (Å²) in [6, 6.07) is 9.11. The highest BCUT2D eigenvalue weighted by Crippen LogP contribution is 2.15. The van der Waals surface area contributed by atoms with E-state index in [1.807, 2.05) is 25.1 Å². The van der Waals surface area contributed by atoms with Gasteiger partial charge in [-0.05, 0) is 36.6 Å². The maximum absolute atomic E-state index is 9.23. The van der Waals surface area contributed by atoms with Gasteiger partial charge in [0.1, 0.15) is 5.75 Å².